The average Bonchev–Trinajstić information content (AvgIpc) is 2.32. The van der Waals surface area contributed by atoms with Gasteiger partial charge >= 0.3 is 6.09 Å². The third-order valence-electron chi connectivity index (χ3n) is 3.43. The van der Waals surface area contributed by atoms with Gasteiger partial charge in [-0.25, -0.2) is 4.79 Å². The van der Waals surface area contributed by atoms with Crippen molar-refractivity contribution in [2.45, 2.75) is 19.5 Å². The molecule has 0 spiro atoms. The summed E-state index contributed by atoms with van der Waals surface area (Å²) in [5, 5.41) is 9.69. The number of rotatable bonds is 2. The number of hydrogen-bond acceptors (Lipinski definition) is 3. The normalized spacial score (nSPS) is 20.5. The maximum absolute atomic E-state index is 11.0. The van der Waals surface area contributed by atoms with Crippen molar-refractivity contribution < 1.29 is 9.90 Å². The van der Waals surface area contributed by atoms with Gasteiger partial charge in [-0.2, -0.15) is 0 Å². The van der Waals surface area contributed by atoms with Crippen LogP contribution in [0.25, 0.3) is 0 Å². The van der Waals surface area contributed by atoms with Gasteiger partial charge in [-0.1, -0.05) is 17.7 Å². The highest BCUT2D eigenvalue weighted by Crippen LogP contribution is 2.22. The molecule has 1 atom stereocenters. The van der Waals surface area contributed by atoms with Crippen LogP contribution < -0.4 is 5.73 Å². The van der Waals surface area contributed by atoms with Crippen LogP contribution in [0.3, 0.4) is 0 Å². The fourth-order valence-corrected chi connectivity index (χ4v) is 2.64. The number of anilines is 1. The molecule has 0 radical (unpaired) electrons. The van der Waals surface area contributed by atoms with Gasteiger partial charge in [0.2, 0.25) is 0 Å². The zero-order chi connectivity index (χ0) is 14.0. The fourth-order valence-electron chi connectivity index (χ4n) is 2.39. The molecule has 1 aliphatic heterocycles. The molecule has 0 aromatic heterocycles. The predicted octanol–water partition coefficient (Wildman–Crippen LogP) is 2.11. The van der Waals surface area contributed by atoms with Crippen molar-refractivity contribution in [1.29, 1.82) is 0 Å². The number of amides is 1. The lowest BCUT2D eigenvalue weighted by molar-refractivity contribution is 0.0711. The van der Waals surface area contributed by atoms with Gasteiger partial charge in [0.05, 0.1) is 0 Å². The van der Waals surface area contributed by atoms with E-state index in [0.717, 1.165) is 18.7 Å². The number of hydrogen-bond donors (Lipinski definition) is 2. The van der Waals surface area contributed by atoms with Crippen LogP contribution in [0.2, 0.25) is 5.02 Å². The summed E-state index contributed by atoms with van der Waals surface area (Å²) in [5.74, 6) is 0. The standard InChI is InChI=1S/C13H18ClN3O2/c1-9-7-16(4-5-17(9)13(18)19)8-10-2-3-11(15)6-12(10)14/h2-3,6,9H,4-5,7-8,15H2,1H3,(H,18,19)/t9-/m0/s1. The van der Waals surface area contributed by atoms with E-state index in [2.05, 4.69) is 4.90 Å². The highest BCUT2D eigenvalue weighted by atomic mass is 35.5. The van der Waals surface area contributed by atoms with Crippen LogP contribution in [-0.4, -0.2) is 46.7 Å². The molecule has 1 heterocycles. The second kappa shape index (κ2) is 5.67. The lowest BCUT2D eigenvalue weighted by Crippen LogP contribution is -2.53. The van der Waals surface area contributed by atoms with Crippen LogP contribution >= 0.6 is 11.6 Å². The molecular weight excluding hydrogens is 266 g/mol. The van der Waals surface area contributed by atoms with Gasteiger partial charge in [-0.3, -0.25) is 4.90 Å². The zero-order valence-electron chi connectivity index (χ0n) is 10.8. The number of piperazine rings is 1. The summed E-state index contributed by atoms with van der Waals surface area (Å²) in [6.45, 7) is 4.61. The van der Waals surface area contributed by atoms with Crippen LogP contribution in [0, 0.1) is 0 Å². The molecule has 0 unspecified atom stereocenters. The Balaban J connectivity index is 2.00. The first-order valence-corrected chi connectivity index (χ1v) is 6.61. The van der Waals surface area contributed by atoms with Crippen LogP contribution in [0.5, 0.6) is 0 Å². The van der Waals surface area contributed by atoms with Crippen molar-refractivity contribution in [1.82, 2.24) is 9.80 Å². The maximum atomic E-state index is 11.0. The second-order valence-corrected chi connectivity index (χ2v) is 5.32. The SMILES string of the molecule is C[C@H]1CN(Cc2ccc(N)cc2Cl)CCN1C(=O)O. The number of carbonyl (C=O) groups is 1. The van der Waals surface area contributed by atoms with Crippen molar-refractivity contribution in [2.75, 3.05) is 25.4 Å². The largest absolute Gasteiger partial charge is 0.465 e. The van der Waals surface area contributed by atoms with Crippen molar-refractivity contribution in [2.24, 2.45) is 0 Å². The monoisotopic (exact) mass is 283 g/mol. The van der Waals surface area contributed by atoms with E-state index in [1.165, 1.54) is 4.90 Å². The topological polar surface area (TPSA) is 69.8 Å². The van der Waals surface area contributed by atoms with Gasteiger partial charge in [0.15, 0.2) is 0 Å². The number of nitrogens with zero attached hydrogens (tertiary/aromatic N) is 2. The molecule has 2 rings (SSSR count). The van der Waals surface area contributed by atoms with Crippen molar-refractivity contribution in [3.8, 4) is 0 Å². The van der Waals surface area contributed by atoms with E-state index in [9.17, 15) is 4.79 Å². The Morgan fingerprint density at radius 2 is 2.26 bits per heavy atom. The summed E-state index contributed by atoms with van der Waals surface area (Å²) < 4.78 is 0. The van der Waals surface area contributed by atoms with E-state index in [0.29, 0.717) is 23.8 Å². The number of carboxylic acid groups (broad SMARTS) is 1. The summed E-state index contributed by atoms with van der Waals surface area (Å²) in [7, 11) is 0. The van der Waals surface area contributed by atoms with E-state index >= 15 is 0 Å². The van der Waals surface area contributed by atoms with Gasteiger partial charge in [-0.05, 0) is 24.6 Å². The Hall–Kier alpha value is -1.46. The summed E-state index contributed by atoms with van der Waals surface area (Å²) in [4.78, 5) is 14.7. The summed E-state index contributed by atoms with van der Waals surface area (Å²) in [6.07, 6.45) is -0.849. The molecule has 1 amide bonds. The molecule has 1 aliphatic rings. The van der Waals surface area contributed by atoms with Gasteiger partial charge < -0.3 is 15.7 Å². The van der Waals surface area contributed by atoms with E-state index in [-0.39, 0.29) is 6.04 Å². The first-order chi connectivity index (χ1) is 8.97. The first-order valence-electron chi connectivity index (χ1n) is 6.23. The highest BCUT2D eigenvalue weighted by Gasteiger charge is 2.27. The van der Waals surface area contributed by atoms with Crippen LogP contribution in [-0.2, 0) is 6.54 Å². The zero-order valence-corrected chi connectivity index (χ0v) is 11.6. The van der Waals surface area contributed by atoms with Gasteiger partial charge in [-0.15, -0.1) is 0 Å². The van der Waals surface area contributed by atoms with Crippen LogP contribution in [0.15, 0.2) is 18.2 Å². The van der Waals surface area contributed by atoms with E-state index in [1.54, 1.807) is 6.07 Å². The lowest BCUT2D eigenvalue weighted by atomic mass is 10.1. The first kappa shape index (κ1) is 14.0. The minimum Gasteiger partial charge on any atom is -0.465 e. The van der Waals surface area contributed by atoms with Crippen LogP contribution in [0.4, 0.5) is 10.5 Å². The molecule has 6 heteroatoms. The van der Waals surface area contributed by atoms with Crippen LogP contribution in [0.1, 0.15) is 12.5 Å². The third kappa shape index (κ3) is 3.30. The molecule has 0 saturated carbocycles. The Morgan fingerprint density at radius 3 is 2.84 bits per heavy atom. The molecule has 0 aliphatic carbocycles. The van der Waals surface area contributed by atoms with Gasteiger partial charge in [0, 0.05) is 42.9 Å². The fraction of sp³-hybridized carbons (Fsp3) is 0.462. The van der Waals surface area contributed by atoms with Crippen molar-refractivity contribution in [3.05, 3.63) is 28.8 Å². The number of halogens is 1. The predicted molar refractivity (Wildman–Crippen MR) is 75.3 cm³/mol. The Bertz CT molecular complexity index is 481. The Morgan fingerprint density at radius 1 is 1.53 bits per heavy atom. The van der Waals surface area contributed by atoms with Gasteiger partial charge in [0.1, 0.15) is 0 Å². The summed E-state index contributed by atoms with van der Waals surface area (Å²) >= 11 is 6.15. The molecule has 5 nitrogen and oxygen atoms in total. The molecule has 1 aromatic carbocycles. The number of nitrogens with two attached hydrogens (primary N) is 1. The quantitative estimate of drug-likeness (QED) is 0.816. The average molecular weight is 284 g/mol. The van der Waals surface area contributed by atoms with E-state index in [4.69, 9.17) is 22.4 Å². The van der Waals surface area contributed by atoms with E-state index in [1.807, 2.05) is 19.1 Å². The van der Waals surface area contributed by atoms with Gasteiger partial charge in [0.25, 0.3) is 0 Å². The molecule has 19 heavy (non-hydrogen) atoms. The minimum absolute atomic E-state index is 0.00110. The van der Waals surface area contributed by atoms with Crippen molar-refractivity contribution >= 4 is 23.4 Å². The minimum atomic E-state index is -0.849. The molecule has 1 fully saturated rings. The number of nitrogen functional groups attached to an aromatic ring is 1. The molecule has 1 aromatic rings. The second-order valence-electron chi connectivity index (χ2n) is 4.91. The highest BCUT2D eigenvalue weighted by molar-refractivity contribution is 6.31. The summed E-state index contributed by atoms with van der Waals surface area (Å²) in [6, 6.07) is 5.50. The molecular formula is C13H18ClN3O2. The lowest BCUT2D eigenvalue weighted by Gasteiger charge is -2.38. The molecule has 3 N–H and O–H groups in total. The molecule has 104 valence electrons. The van der Waals surface area contributed by atoms with E-state index < -0.39 is 6.09 Å². The summed E-state index contributed by atoms with van der Waals surface area (Å²) in [5.41, 5.74) is 7.34. The molecule has 1 saturated heterocycles. The van der Waals surface area contributed by atoms with Crippen molar-refractivity contribution in [3.63, 3.8) is 0 Å². The smallest absolute Gasteiger partial charge is 0.407 e. The maximum Gasteiger partial charge on any atom is 0.407 e. The Kier molecular flexibility index (Phi) is 4.17. The Labute approximate surface area is 117 Å². The third-order valence-corrected chi connectivity index (χ3v) is 3.78. The molecule has 0 bridgehead atoms. The number of benzene rings is 1.